The Morgan fingerprint density at radius 3 is 2.26 bits per heavy atom. The van der Waals surface area contributed by atoms with E-state index in [1.807, 2.05) is 52.0 Å². The Labute approximate surface area is 162 Å². The highest BCUT2D eigenvalue weighted by molar-refractivity contribution is 5.81. The van der Waals surface area contributed by atoms with Crippen LogP contribution in [-0.2, 0) is 11.2 Å². The Morgan fingerprint density at radius 2 is 1.67 bits per heavy atom. The van der Waals surface area contributed by atoms with Crippen LogP contribution in [0.2, 0.25) is 0 Å². The summed E-state index contributed by atoms with van der Waals surface area (Å²) in [5.74, 6) is 1.59. The molecule has 0 aliphatic rings. The van der Waals surface area contributed by atoms with Gasteiger partial charge in [-0.15, -0.1) is 0 Å². The van der Waals surface area contributed by atoms with Gasteiger partial charge in [-0.05, 0) is 81.0 Å². The van der Waals surface area contributed by atoms with Crippen molar-refractivity contribution in [1.29, 1.82) is 0 Å². The Bertz CT molecular complexity index is 705. The van der Waals surface area contributed by atoms with E-state index in [0.717, 1.165) is 35.5 Å². The number of rotatable bonds is 10. The highest BCUT2D eigenvalue weighted by Crippen LogP contribution is 2.18. The predicted molar refractivity (Wildman–Crippen MR) is 110 cm³/mol. The van der Waals surface area contributed by atoms with E-state index in [9.17, 15) is 4.79 Å². The van der Waals surface area contributed by atoms with Gasteiger partial charge in [0.15, 0.2) is 6.10 Å². The maximum Gasteiger partial charge on any atom is 0.261 e. The highest BCUT2D eigenvalue weighted by atomic mass is 16.5. The Kier molecular flexibility index (Phi) is 8.18. The minimum Gasteiger partial charge on any atom is -0.494 e. The van der Waals surface area contributed by atoms with Crippen LogP contribution >= 0.6 is 0 Å². The second-order valence-electron chi connectivity index (χ2n) is 6.81. The fourth-order valence-electron chi connectivity index (χ4n) is 3.02. The maximum absolute atomic E-state index is 12.4. The zero-order valence-electron chi connectivity index (χ0n) is 16.9. The molecule has 0 fully saturated rings. The van der Waals surface area contributed by atoms with E-state index in [-0.39, 0.29) is 5.91 Å². The van der Waals surface area contributed by atoms with E-state index >= 15 is 0 Å². The van der Waals surface area contributed by atoms with Crippen molar-refractivity contribution >= 4 is 5.91 Å². The first-order valence-electron chi connectivity index (χ1n) is 9.76. The van der Waals surface area contributed by atoms with Gasteiger partial charge in [0.05, 0.1) is 6.61 Å². The molecule has 0 aromatic heterocycles. The van der Waals surface area contributed by atoms with E-state index in [1.54, 1.807) is 0 Å². The molecule has 2 aromatic carbocycles. The lowest BCUT2D eigenvalue weighted by molar-refractivity contribution is -0.128. The number of ether oxygens (including phenoxy) is 2. The summed E-state index contributed by atoms with van der Waals surface area (Å²) in [5, 5.41) is 3.00. The lowest BCUT2D eigenvalue weighted by atomic mass is 10.1. The van der Waals surface area contributed by atoms with Gasteiger partial charge in [-0.3, -0.25) is 4.79 Å². The normalized spacial score (nSPS) is 11.7. The summed E-state index contributed by atoms with van der Waals surface area (Å²) in [6.07, 6.45) is 1.98. The van der Waals surface area contributed by atoms with Crippen LogP contribution in [0.4, 0.5) is 0 Å². The van der Waals surface area contributed by atoms with Gasteiger partial charge in [-0.2, -0.15) is 0 Å². The van der Waals surface area contributed by atoms with Crippen molar-refractivity contribution in [2.45, 2.75) is 53.1 Å². The quantitative estimate of drug-likeness (QED) is 0.622. The van der Waals surface area contributed by atoms with Gasteiger partial charge in [-0.25, -0.2) is 0 Å². The van der Waals surface area contributed by atoms with Crippen LogP contribution in [0, 0.1) is 13.8 Å². The fourth-order valence-corrected chi connectivity index (χ4v) is 3.02. The number of aryl methyl sites for hydroxylation is 3. The first kappa shape index (κ1) is 20.8. The summed E-state index contributed by atoms with van der Waals surface area (Å²) >= 11 is 0. The molecule has 146 valence electrons. The number of amides is 1. The number of benzene rings is 2. The van der Waals surface area contributed by atoms with Crippen LogP contribution in [0.25, 0.3) is 0 Å². The summed E-state index contributed by atoms with van der Waals surface area (Å²) in [6, 6.07) is 14.2. The minimum atomic E-state index is -0.461. The monoisotopic (exact) mass is 369 g/mol. The Hall–Kier alpha value is -2.49. The van der Waals surface area contributed by atoms with Crippen molar-refractivity contribution in [2.24, 2.45) is 0 Å². The minimum absolute atomic E-state index is 0.0525. The van der Waals surface area contributed by atoms with Crippen molar-refractivity contribution in [3.63, 3.8) is 0 Å². The van der Waals surface area contributed by atoms with E-state index in [4.69, 9.17) is 9.47 Å². The van der Waals surface area contributed by atoms with Crippen LogP contribution in [0.1, 0.15) is 43.4 Å². The molecule has 4 heteroatoms. The molecule has 4 nitrogen and oxygen atoms in total. The number of carbonyl (C=O) groups excluding carboxylic acids is 1. The lowest BCUT2D eigenvalue weighted by Gasteiger charge is -2.18. The van der Waals surface area contributed by atoms with Crippen molar-refractivity contribution in [2.75, 3.05) is 13.2 Å². The molecule has 2 aromatic rings. The van der Waals surface area contributed by atoms with Crippen molar-refractivity contribution in [1.82, 2.24) is 5.32 Å². The van der Waals surface area contributed by atoms with Crippen molar-refractivity contribution in [3.8, 4) is 11.5 Å². The second-order valence-corrected chi connectivity index (χ2v) is 6.81. The summed E-state index contributed by atoms with van der Waals surface area (Å²) in [4.78, 5) is 12.4. The van der Waals surface area contributed by atoms with E-state index in [1.165, 1.54) is 5.56 Å². The van der Waals surface area contributed by atoms with Gasteiger partial charge in [0, 0.05) is 6.54 Å². The fraction of sp³-hybridized carbons (Fsp3) is 0.435. The molecule has 0 bridgehead atoms. The first-order valence-corrected chi connectivity index (χ1v) is 9.76. The highest BCUT2D eigenvalue weighted by Gasteiger charge is 2.18. The van der Waals surface area contributed by atoms with Crippen molar-refractivity contribution < 1.29 is 14.3 Å². The zero-order chi connectivity index (χ0) is 19.6. The van der Waals surface area contributed by atoms with Gasteiger partial charge in [-0.1, -0.05) is 25.1 Å². The maximum atomic E-state index is 12.4. The third kappa shape index (κ3) is 6.97. The molecule has 0 saturated heterocycles. The molecule has 0 saturated carbocycles. The molecule has 0 aliphatic carbocycles. The smallest absolute Gasteiger partial charge is 0.261 e. The molecule has 1 atom stereocenters. The summed E-state index contributed by atoms with van der Waals surface area (Å²) in [5.41, 5.74) is 3.51. The largest absolute Gasteiger partial charge is 0.494 e. The lowest BCUT2D eigenvalue weighted by Crippen LogP contribution is -2.38. The molecule has 2 rings (SSSR count). The van der Waals surface area contributed by atoms with Crippen LogP contribution in [-0.4, -0.2) is 25.2 Å². The van der Waals surface area contributed by atoms with Gasteiger partial charge >= 0.3 is 0 Å². The Balaban J connectivity index is 1.77. The van der Waals surface area contributed by atoms with Crippen molar-refractivity contribution in [3.05, 3.63) is 59.2 Å². The number of carbonyl (C=O) groups is 1. The van der Waals surface area contributed by atoms with E-state index < -0.39 is 6.10 Å². The van der Waals surface area contributed by atoms with Crippen LogP contribution in [0.5, 0.6) is 11.5 Å². The standard InChI is InChI=1S/C23H31NO3/c1-5-22(27-21-15-17(3)14-18(4)16-21)23(25)24-13-7-8-19-9-11-20(12-10-19)26-6-2/h9-12,14-16,22H,5-8,13H2,1-4H3,(H,24,25)/t22-/m1/s1. The first-order chi connectivity index (χ1) is 13.0. The molecular formula is C23H31NO3. The predicted octanol–water partition coefficient (Wildman–Crippen LogP) is 4.61. The third-order valence-corrected chi connectivity index (χ3v) is 4.31. The van der Waals surface area contributed by atoms with Crippen LogP contribution in [0.3, 0.4) is 0 Å². The summed E-state index contributed by atoms with van der Waals surface area (Å²) < 4.78 is 11.4. The molecule has 0 aliphatic heterocycles. The average Bonchev–Trinajstić information content (AvgIpc) is 2.64. The Morgan fingerprint density at radius 1 is 1.00 bits per heavy atom. The van der Waals surface area contributed by atoms with Gasteiger partial charge < -0.3 is 14.8 Å². The zero-order valence-corrected chi connectivity index (χ0v) is 16.9. The molecule has 0 spiro atoms. The topological polar surface area (TPSA) is 47.6 Å². The second kappa shape index (κ2) is 10.6. The van der Waals surface area contributed by atoms with E-state index in [2.05, 4.69) is 23.5 Å². The number of hydrogen-bond donors (Lipinski definition) is 1. The third-order valence-electron chi connectivity index (χ3n) is 4.31. The SMILES string of the molecule is CCOc1ccc(CCCNC(=O)[C@@H](CC)Oc2cc(C)cc(C)c2)cc1. The molecule has 0 heterocycles. The summed E-state index contributed by atoms with van der Waals surface area (Å²) in [6.45, 7) is 9.31. The molecule has 1 amide bonds. The van der Waals surface area contributed by atoms with Gasteiger partial charge in [0.2, 0.25) is 0 Å². The van der Waals surface area contributed by atoms with Gasteiger partial charge in [0.1, 0.15) is 11.5 Å². The van der Waals surface area contributed by atoms with Crippen LogP contribution in [0.15, 0.2) is 42.5 Å². The molecule has 0 radical (unpaired) electrons. The molecule has 0 unspecified atom stereocenters. The summed E-state index contributed by atoms with van der Waals surface area (Å²) in [7, 11) is 0. The number of nitrogens with one attached hydrogen (secondary N) is 1. The van der Waals surface area contributed by atoms with Gasteiger partial charge in [0.25, 0.3) is 5.91 Å². The van der Waals surface area contributed by atoms with Crippen LogP contribution < -0.4 is 14.8 Å². The molecule has 1 N–H and O–H groups in total. The number of hydrogen-bond acceptors (Lipinski definition) is 3. The molecular weight excluding hydrogens is 338 g/mol. The van der Waals surface area contributed by atoms with E-state index in [0.29, 0.717) is 19.6 Å². The molecule has 27 heavy (non-hydrogen) atoms. The average molecular weight is 370 g/mol.